The molecule has 2 aromatic carbocycles. The van der Waals surface area contributed by atoms with Crippen molar-refractivity contribution < 1.29 is 14.0 Å². The molecule has 1 aliphatic heterocycles. The van der Waals surface area contributed by atoms with Gasteiger partial charge in [0.25, 0.3) is 5.91 Å². The molecule has 0 aliphatic carbocycles. The standard InChI is InChI=1S/C19H18ClFN2O2/c20-15-2-1-3-17(12-15)22-18(24)13-8-10-23(11-9-13)19(25)14-4-6-16(21)7-5-14/h1-7,12-13H,8-11H2,(H,22,24). The maximum absolute atomic E-state index is 13.0. The van der Waals surface area contributed by atoms with Crippen LogP contribution in [-0.2, 0) is 4.79 Å². The average Bonchev–Trinajstić information content (AvgIpc) is 2.62. The lowest BCUT2D eigenvalue weighted by Crippen LogP contribution is -2.41. The number of nitrogens with zero attached hydrogens (tertiary/aromatic N) is 1. The van der Waals surface area contributed by atoms with Gasteiger partial charge in [0.15, 0.2) is 0 Å². The number of hydrogen-bond acceptors (Lipinski definition) is 2. The summed E-state index contributed by atoms with van der Waals surface area (Å²) in [6.45, 7) is 1.01. The third-order valence-corrected chi connectivity index (χ3v) is 4.57. The summed E-state index contributed by atoms with van der Waals surface area (Å²) in [5, 5.41) is 3.43. The number of piperidine rings is 1. The largest absolute Gasteiger partial charge is 0.339 e. The lowest BCUT2D eigenvalue weighted by atomic mass is 9.95. The van der Waals surface area contributed by atoms with Gasteiger partial charge in [-0.15, -0.1) is 0 Å². The van der Waals surface area contributed by atoms with Gasteiger partial charge in [-0.1, -0.05) is 17.7 Å². The molecular weight excluding hydrogens is 343 g/mol. The molecule has 3 rings (SSSR count). The van der Waals surface area contributed by atoms with Crippen LogP contribution in [0.25, 0.3) is 0 Å². The lowest BCUT2D eigenvalue weighted by Gasteiger charge is -2.31. The van der Waals surface area contributed by atoms with Crippen LogP contribution >= 0.6 is 11.6 Å². The van der Waals surface area contributed by atoms with E-state index < -0.39 is 0 Å². The SMILES string of the molecule is O=C(Nc1cccc(Cl)c1)C1CCN(C(=O)c2ccc(F)cc2)CC1. The number of halogens is 2. The second-order valence-corrected chi connectivity index (χ2v) is 6.51. The van der Waals surface area contributed by atoms with E-state index >= 15 is 0 Å². The van der Waals surface area contributed by atoms with Crippen molar-refractivity contribution >= 4 is 29.1 Å². The minimum absolute atomic E-state index is 0.0591. The molecule has 0 bridgehead atoms. The molecule has 1 saturated heterocycles. The third kappa shape index (κ3) is 4.37. The molecule has 1 heterocycles. The number of amides is 2. The molecule has 1 fully saturated rings. The summed E-state index contributed by atoms with van der Waals surface area (Å²) in [6.07, 6.45) is 1.19. The van der Waals surface area contributed by atoms with Gasteiger partial charge in [0, 0.05) is 35.3 Å². The van der Waals surface area contributed by atoms with E-state index in [1.54, 1.807) is 29.2 Å². The van der Waals surface area contributed by atoms with Crippen molar-refractivity contribution in [1.29, 1.82) is 0 Å². The fraction of sp³-hybridized carbons (Fsp3) is 0.263. The van der Waals surface area contributed by atoms with E-state index in [9.17, 15) is 14.0 Å². The first-order chi connectivity index (χ1) is 12.0. The fourth-order valence-electron chi connectivity index (χ4n) is 2.93. The summed E-state index contributed by atoms with van der Waals surface area (Å²) >= 11 is 5.92. The Morgan fingerprint density at radius 1 is 1.08 bits per heavy atom. The number of rotatable bonds is 3. The van der Waals surface area contributed by atoms with Crippen LogP contribution in [0.5, 0.6) is 0 Å². The topological polar surface area (TPSA) is 49.4 Å². The number of likely N-dealkylation sites (tertiary alicyclic amines) is 1. The molecule has 130 valence electrons. The summed E-state index contributed by atoms with van der Waals surface area (Å²) in [5.74, 6) is -0.700. The highest BCUT2D eigenvalue weighted by molar-refractivity contribution is 6.30. The van der Waals surface area contributed by atoms with Gasteiger partial charge in [-0.05, 0) is 55.3 Å². The van der Waals surface area contributed by atoms with Crippen LogP contribution in [0, 0.1) is 11.7 Å². The van der Waals surface area contributed by atoms with Crippen LogP contribution in [0.2, 0.25) is 5.02 Å². The van der Waals surface area contributed by atoms with Crippen LogP contribution in [0.1, 0.15) is 23.2 Å². The van der Waals surface area contributed by atoms with Gasteiger partial charge in [-0.3, -0.25) is 9.59 Å². The van der Waals surface area contributed by atoms with E-state index in [4.69, 9.17) is 11.6 Å². The molecule has 2 aromatic rings. The predicted octanol–water partition coefficient (Wildman–Crippen LogP) is 3.97. The Balaban J connectivity index is 1.55. The van der Waals surface area contributed by atoms with Crippen LogP contribution in [-0.4, -0.2) is 29.8 Å². The quantitative estimate of drug-likeness (QED) is 0.900. The maximum atomic E-state index is 13.0. The Morgan fingerprint density at radius 3 is 2.40 bits per heavy atom. The predicted molar refractivity (Wildman–Crippen MR) is 95.1 cm³/mol. The maximum Gasteiger partial charge on any atom is 0.253 e. The molecule has 0 radical (unpaired) electrons. The van der Waals surface area contributed by atoms with E-state index in [-0.39, 0.29) is 23.5 Å². The van der Waals surface area contributed by atoms with Gasteiger partial charge < -0.3 is 10.2 Å². The second kappa shape index (κ2) is 7.66. The monoisotopic (exact) mass is 360 g/mol. The summed E-state index contributed by atoms with van der Waals surface area (Å²) < 4.78 is 13.0. The highest BCUT2D eigenvalue weighted by atomic mass is 35.5. The number of carbonyl (C=O) groups excluding carboxylic acids is 2. The second-order valence-electron chi connectivity index (χ2n) is 6.07. The molecule has 25 heavy (non-hydrogen) atoms. The number of anilines is 1. The molecule has 0 atom stereocenters. The first-order valence-corrected chi connectivity index (χ1v) is 8.52. The van der Waals surface area contributed by atoms with Crippen molar-refractivity contribution in [3.63, 3.8) is 0 Å². The number of benzene rings is 2. The zero-order valence-corrected chi connectivity index (χ0v) is 14.3. The molecule has 0 unspecified atom stereocenters. The van der Waals surface area contributed by atoms with Gasteiger partial charge in [0.05, 0.1) is 0 Å². The van der Waals surface area contributed by atoms with E-state index in [0.717, 1.165) is 0 Å². The molecule has 1 aliphatic rings. The zero-order chi connectivity index (χ0) is 17.8. The number of nitrogens with one attached hydrogen (secondary N) is 1. The lowest BCUT2D eigenvalue weighted by molar-refractivity contribution is -0.121. The van der Waals surface area contributed by atoms with Crippen molar-refractivity contribution in [2.24, 2.45) is 5.92 Å². The third-order valence-electron chi connectivity index (χ3n) is 4.34. The highest BCUT2D eigenvalue weighted by Crippen LogP contribution is 2.22. The summed E-state index contributed by atoms with van der Waals surface area (Å²) in [7, 11) is 0. The summed E-state index contributed by atoms with van der Waals surface area (Å²) in [6, 6.07) is 12.5. The highest BCUT2D eigenvalue weighted by Gasteiger charge is 2.27. The molecular formula is C19H18ClFN2O2. The molecule has 2 amide bonds. The Morgan fingerprint density at radius 2 is 1.76 bits per heavy atom. The van der Waals surface area contributed by atoms with E-state index in [1.807, 2.05) is 0 Å². The van der Waals surface area contributed by atoms with Gasteiger partial charge >= 0.3 is 0 Å². The molecule has 0 saturated carbocycles. The smallest absolute Gasteiger partial charge is 0.253 e. The molecule has 4 nitrogen and oxygen atoms in total. The molecule has 6 heteroatoms. The van der Waals surface area contributed by atoms with Crippen molar-refractivity contribution in [2.75, 3.05) is 18.4 Å². The van der Waals surface area contributed by atoms with E-state index in [0.29, 0.717) is 42.2 Å². The van der Waals surface area contributed by atoms with Crippen molar-refractivity contribution in [3.05, 3.63) is 64.9 Å². The van der Waals surface area contributed by atoms with Gasteiger partial charge in [0.1, 0.15) is 5.82 Å². The molecule has 0 aromatic heterocycles. The summed E-state index contributed by atoms with van der Waals surface area (Å²) in [5.41, 5.74) is 1.13. The van der Waals surface area contributed by atoms with Crippen LogP contribution in [0.4, 0.5) is 10.1 Å². The Hall–Kier alpha value is -2.40. The Labute approximate surface area is 150 Å². The first kappa shape index (κ1) is 17.4. The van der Waals surface area contributed by atoms with Crippen LogP contribution < -0.4 is 5.32 Å². The van der Waals surface area contributed by atoms with Crippen LogP contribution in [0.15, 0.2) is 48.5 Å². The number of carbonyl (C=O) groups is 2. The number of hydrogen-bond donors (Lipinski definition) is 1. The molecule has 0 spiro atoms. The minimum atomic E-state index is -0.368. The Kier molecular flexibility index (Phi) is 5.34. The summed E-state index contributed by atoms with van der Waals surface area (Å²) in [4.78, 5) is 26.5. The van der Waals surface area contributed by atoms with Crippen molar-refractivity contribution in [2.45, 2.75) is 12.8 Å². The zero-order valence-electron chi connectivity index (χ0n) is 13.5. The molecule has 1 N–H and O–H groups in total. The normalized spacial score (nSPS) is 15.0. The van der Waals surface area contributed by atoms with E-state index in [2.05, 4.69) is 5.32 Å². The first-order valence-electron chi connectivity index (χ1n) is 8.14. The Bertz CT molecular complexity index is 771. The van der Waals surface area contributed by atoms with Gasteiger partial charge in [0.2, 0.25) is 5.91 Å². The van der Waals surface area contributed by atoms with Crippen LogP contribution in [0.3, 0.4) is 0 Å². The minimum Gasteiger partial charge on any atom is -0.339 e. The average molecular weight is 361 g/mol. The van der Waals surface area contributed by atoms with Crippen molar-refractivity contribution in [3.8, 4) is 0 Å². The van der Waals surface area contributed by atoms with Gasteiger partial charge in [-0.2, -0.15) is 0 Å². The van der Waals surface area contributed by atoms with Gasteiger partial charge in [-0.25, -0.2) is 4.39 Å². The van der Waals surface area contributed by atoms with E-state index in [1.165, 1.54) is 24.3 Å². The fourth-order valence-corrected chi connectivity index (χ4v) is 3.12. The van der Waals surface area contributed by atoms with Crippen molar-refractivity contribution in [1.82, 2.24) is 4.90 Å².